The van der Waals surface area contributed by atoms with E-state index in [1.165, 1.54) is 0 Å². The Bertz CT molecular complexity index is 219. The number of rotatable bonds is 3. The average molecular weight is 310 g/mol. The molecule has 9 nitrogen and oxygen atoms in total. The Morgan fingerprint density at radius 1 is 1.24 bits per heavy atom. The number of hydrogen-bond acceptors (Lipinski definition) is 6. The minimum atomic E-state index is -5.00. The van der Waals surface area contributed by atoms with Crippen molar-refractivity contribution in [3.63, 3.8) is 0 Å². The van der Waals surface area contributed by atoms with Gasteiger partial charge in [-0.15, -0.1) is 12.4 Å². The molecule has 104 valence electrons. The molecular weight excluding hydrogens is 289 g/mol. The van der Waals surface area contributed by atoms with Crippen LogP contribution in [0.2, 0.25) is 0 Å². The van der Waals surface area contributed by atoms with Crippen LogP contribution in [-0.2, 0) is 18.1 Å². The topological polar surface area (TPSA) is 179 Å². The van der Waals surface area contributed by atoms with Crippen molar-refractivity contribution in [3.8, 4) is 0 Å². The summed E-state index contributed by atoms with van der Waals surface area (Å²) in [5.74, 6) is -0.120. The summed E-state index contributed by atoms with van der Waals surface area (Å²) in [6, 6.07) is 0. The molecule has 0 aliphatic heterocycles. The van der Waals surface area contributed by atoms with Crippen LogP contribution in [0, 0.1) is 10.8 Å². The van der Waals surface area contributed by atoms with Gasteiger partial charge in [-0.05, 0) is 6.42 Å². The molecule has 0 radical (unpaired) electrons. The second-order valence-electron chi connectivity index (χ2n) is 2.79. The fourth-order valence-electron chi connectivity index (χ4n) is 0.569. The van der Waals surface area contributed by atoms with E-state index in [0.29, 0.717) is 0 Å². The molecule has 10 N–H and O–H groups in total. The van der Waals surface area contributed by atoms with Gasteiger partial charge in [-0.3, -0.25) is 16.1 Å². The molecule has 0 unspecified atom stereocenters. The van der Waals surface area contributed by atoms with Crippen molar-refractivity contribution in [1.82, 2.24) is 10.6 Å². The third kappa shape index (κ3) is 39.0. The first-order chi connectivity index (χ1) is 7.16. The molecular formula is C6H20ClN5O4Ti. The van der Waals surface area contributed by atoms with Crippen LogP contribution < -0.4 is 16.4 Å². The van der Waals surface area contributed by atoms with Crippen LogP contribution in [0.1, 0.15) is 19.8 Å². The maximum atomic E-state index is 7.38. The number of guanidine groups is 2. The van der Waals surface area contributed by atoms with E-state index in [-0.39, 0.29) is 24.3 Å². The fourth-order valence-corrected chi connectivity index (χ4v) is 0.569. The van der Waals surface area contributed by atoms with Gasteiger partial charge in [-0.1, -0.05) is 13.3 Å². The second kappa shape index (κ2) is 12.1. The predicted molar refractivity (Wildman–Crippen MR) is 61.8 cm³/mol. The Balaban J connectivity index is -0.000000280. The zero-order valence-electron chi connectivity index (χ0n) is 9.40. The summed E-state index contributed by atoms with van der Waals surface area (Å²) in [6.45, 7) is 2.82. The molecule has 0 rings (SSSR count). The van der Waals surface area contributed by atoms with E-state index in [9.17, 15) is 0 Å². The molecule has 0 amide bonds. The third-order valence-electron chi connectivity index (χ3n) is 1.09. The summed E-state index contributed by atoms with van der Waals surface area (Å²) >= 11 is -5.00. The van der Waals surface area contributed by atoms with Crippen molar-refractivity contribution in [3.05, 3.63) is 0 Å². The van der Waals surface area contributed by atoms with Crippen LogP contribution in [-0.4, -0.2) is 33.2 Å². The van der Waals surface area contributed by atoms with Crippen LogP contribution >= 0.6 is 12.4 Å². The van der Waals surface area contributed by atoms with Gasteiger partial charge in [0.2, 0.25) is 0 Å². The molecule has 0 aromatic carbocycles. The van der Waals surface area contributed by atoms with Gasteiger partial charge >= 0.3 is 32.9 Å². The fraction of sp³-hybridized carbons (Fsp3) is 0.667. The molecule has 0 heterocycles. The van der Waals surface area contributed by atoms with Crippen molar-refractivity contribution in [2.45, 2.75) is 19.8 Å². The summed E-state index contributed by atoms with van der Waals surface area (Å²) in [5, 5.41) is 19.0. The van der Waals surface area contributed by atoms with E-state index in [4.69, 9.17) is 31.3 Å². The molecule has 0 saturated carbocycles. The molecule has 0 aromatic rings. The number of nitrogens with two attached hydrogens (primary N) is 1. The van der Waals surface area contributed by atoms with Crippen LogP contribution in [0.4, 0.5) is 0 Å². The number of halogens is 1. The summed E-state index contributed by atoms with van der Waals surface area (Å²) in [5.41, 5.74) is 4.99. The predicted octanol–water partition coefficient (Wildman–Crippen LogP) is -2.01. The molecule has 0 bridgehead atoms. The van der Waals surface area contributed by atoms with Crippen molar-refractivity contribution in [1.29, 1.82) is 10.8 Å². The van der Waals surface area contributed by atoms with Crippen LogP contribution in [0.25, 0.3) is 0 Å². The number of hydrogen-bond donors (Lipinski definition) is 9. The van der Waals surface area contributed by atoms with Crippen molar-refractivity contribution >= 4 is 24.3 Å². The van der Waals surface area contributed by atoms with E-state index in [0.717, 1.165) is 19.4 Å². The first-order valence-electron chi connectivity index (χ1n) is 4.49. The van der Waals surface area contributed by atoms with Crippen molar-refractivity contribution in [2.75, 3.05) is 6.54 Å². The molecule has 11 heteroatoms. The normalized spacial score (nSPS) is 9.24. The summed E-state index contributed by atoms with van der Waals surface area (Å²) in [4.78, 5) is 0. The van der Waals surface area contributed by atoms with Crippen molar-refractivity contribution in [2.24, 2.45) is 5.73 Å². The monoisotopic (exact) mass is 309 g/mol. The maximum absolute atomic E-state index is 7.38. The van der Waals surface area contributed by atoms with Crippen LogP contribution in [0.5, 0.6) is 0 Å². The first kappa shape index (κ1) is 21.8. The first-order valence-corrected chi connectivity index (χ1v) is 7.29. The SMILES string of the molecule is CCCCNC(=N)NC(=N)N.Cl.[OH][Ti]([OH])([OH])[OH]. The van der Waals surface area contributed by atoms with Crippen LogP contribution in [0.15, 0.2) is 0 Å². The number of nitrogens with one attached hydrogen (secondary N) is 4. The zero-order valence-corrected chi connectivity index (χ0v) is 11.8. The number of unbranched alkanes of at least 4 members (excludes halogenated alkanes) is 1. The summed E-state index contributed by atoms with van der Waals surface area (Å²) in [6.07, 6.45) is 2.10. The van der Waals surface area contributed by atoms with E-state index in [2.05, 4.69) is 17.6 Å². The minimum absolute atomic E-state index is 0. The Kier molecular flexibility index (Phi) is 15.5. The molecule has 0 spiro atoms. The van der Waals surface area contributed by atoms with Crippen molar-refractivity contribution < 1.29 is 32.9 Å². The average Bonchev–Trinajstić information content (AvgIpc) is 1.99. The van der Waals surface area contributed by atoms with Gasteiger partial charge in [0.05, 0.1) is 0 Å². The molecule has 0 fully saturated rings. The second-order valence-corrected chi connectivity index (χ2v) is 4.67. The van der Waals surface area contributed by atoms with E-state index in [1.807, 2.05) is 0 Å². The zero-order chi connectivity index (χ0) is 13.2. The van der Waals surface area contributed by atoms with E-state index < -0.39 is 18.1 Å². The van der Waals surface area contributed by atoms with Gasteiger partial charge in [0.25, 0.3) is 0 Å². The van der Waals surface area contributed by atoms with Crippen LogP contribution in [0.3, 0.4) is 0 Å². The molecule has 0 aliphatic rings. The summed E-state index contributed by atoms with van der Waals surface area (Å²) < 4.78 is 29.5. The molecule has 0 atom stereocenters. The Morgan fingerprint density at radius 2 is 1.65 bits per heavy atom. The van der Waals surface area contributed by atoms with E-state index in [1.54, 1.807) is 0 Å². The van der Waals surface area contributed by atoms with Gasteiger partial charge in [0.15, 0.2) is 11.9 Å². The van der Waals surface area contributed by atoms with Gasteiger partial charge in [0.1, 0.15) is 0 Å². The van der Waals surface area contributed by atoms with Gasteiger partial charge in [0, 0.05) is 6.54 Å². The quantitative estimate of drug-likeness (QED) is 0.125. The molecule has 17 heavy (non-hydrogen) atoms. The summed E-state index contributed by atoms with van der Waals surface area (Å²) in [7, 11) is 0. The standard InChI is InChI=1S/C6H15N5.ClH.4H2O.Ti/c1-2-3-4-10-6(9)11-5(7)8;;;;;;/h2-4H2,1H3,(H6,7,8,9,10,11);1H;4*1H2;/q;;;;;;+4/p-4. The molecule has 0 aromatic heterocycles. The van der Waals surface area contributed by atoms with Gasteiger partial charge in [-0.25, -0.2) is 0 Å². The Hall–Kier alpha value is -0.416. The Labute approximate surface area is 111 Å². The third-order valence-corrected chi connectivity index (χ3v) is 1.09. The van der Waals surface area contributed by atoms with E-state index >= 15 is 0 Å². The van der Waals surface area contributed by atoms with Gasteiger partial charge in [-0.2, -0.15) is 0 Å². The Morgan fingerprint density at radius 3 is 1.94 bits per heavy atom. The molecule has 0 saturated heterocycles. The molecule has 0 aliphatic carbocycles. The van der Waals surface area contributed by atoms with Gasteiger partial charge < -0.3 is 11.1 Å².